The summed E-state index contributed by atoms with van der Waals surface area (Å²) in [5, 5.41) is 3.51. The van der Waals surface area contributed by atoms with Gasteiger partial charge in [-0.25, -0.2) is 13.2 Å². The largest absolute Gasteiger partial charge is 0.450 e. The Morgan fingerprint density at radius 2 is 2.38 bits per heavy atom. The zero-order valence-electron chi connectivity index (χ0n) is 7.19. The zero-order valence-corrected chi connectivity index (χ0v) is 8.00. The molecule has 0 saturated carbocycles. The van der Waals surface area contributed by atoms with E-state index >= 15 is 0 Å². The van der Waals surface area contributed by atoms with Gasteiger partial charge in [0.15, 0.2) is 9.84 Å². The highest BCUT2D eigenvalue weighted by Crippen LogP contribution is 2.07. The van der Waals surface area contributed by atoms with E-state index in [0.717, 1.165) is 5.41 Å². The summed E-state index contributed by atoms with van der Waals surface area (Å²) in [5.74, 6) is -0.0776. The van der Waals surface area contributed by atoms with E-state index in [9.17, 15) is 13.2 Å². The molecular weight excluding hydrogens is 194 g/mol. The van der Waals surface area contributed by atoms with Gasteiger partial charge >= 0.3 is 6.09 Å². The third kappa shape index (κ3) is 3.06. The van der Waals surface area contributed by atoms with Gasteiger partial charge in [-0.3, -0.25) is 0 Å². The molecule has 1 N–H and O–H groups in total. The first kappa shape index (κ1) is 10.0. The topological polar surface area (TPSA) is 72.5 Å². The van der Waals surface area contributed by atoms with Gasteiger partial charge in [-0.05, 0) is 13.0 Å². The van der Waals surface area contributed by atoms with Crippen molar-refractivity contribution in [3.05, 3.63) is 11.5 Å². The molecule has 0 aliphatic carbocycles. The van der Waals surface area contributed by atoms with Crippen molar-refractivity contribution >= 4 is 15.9 Å². The van der Waals surface area contributed by atoms with Gasteiger partial charge in [0.05, 0.1) is 18.4 Å². The first-order valence-corrected chi connectivity index (χ1v) is 5.59. The maximum absolute atomic E-state index is 10.9. The van der Waals surface area contributed by atoms with Gasteiger partial charge in [-0.2, -0.15) is 0 Å². The molecule has 1 aliphatic heterocycles. The van der Waals surface area contributed by atoms with Crippen LogP contribution in [0.15, 0.2) is 11.5 Å². The molecule has 0 aromatic carbocycles. The lowest BCUT2D eigenvalue weighted by atomic mass is 10.3. The lowest BCUT2D eigenvalue weighted by molar-refractivity contribution is 0.151. The Morgan fingerprint density at radius 1 is 1.69 bits per heavy atom. The molecule has 0 saturated heterocycles. The molecule has 6 heteroatoms. The molecule has 5 nitrogen and oxygen atoms in total. The smallest absolute Gasteiger partial charge is 0.407 e. The Balaban J connectivity index is 2.42. The molecule has 0 radical (unpaired) electrons. The van der Waals surface area contributed by atoms with Crippen LogP contribution in [0.25, 0.3) is 0 Å². The molecule has 74 valence electrons. The van der Waals surface area contributed by atoms with Gasteiger partial charge in [0.2, 0.25) is 0 Å². The Labute approximate surface area is 76.7 Å². The van der Waals surface area contributed by atoms with Crippen LogP contribution in [0.4, 0.5) is 4.79 Å². The second-order valence-corrected chi connectivity index (χ2v) is 4.56. The minimum atomic E-state index is -3.11. The van der Waals surface area contributed by atoms with Crippen molar-refractivity contribution in [2.75, 3.05) is 12.4 Å². The quantitative estimate of drug-likeness (QED) is 0.691. The number of carbonyl (C=O) groups excluding carboxylic acids is 1. The number of amides is 1. The molecule has 1 rings (SSSR count). The summed E-state index contributed by atoms with van der Waals surface area (Å²) in [7, 11) is -3.11. The number of nitrogens with one attached hydrogen (secondary N) is 1. The maximum atomic E-state index is 10.9. The lowest BCUT2D eigenvalue weighted by Crippen LogP contribution is -2.35. The van der Waals surface area contributed by atoms with Gasteiger partial charge < -0.3 is 10.1 Å². The molecule has 1 heterocycles. The van der Waals surface area contributed by atoms with Crippen molar-refractivity contribution in [2.45, 2.75) is 13.0 Å². The predicted octanol–water partition coefficient (Wildman–Crippen LogP) is 0.0432. The number of hydrogen-bond donors (Lipinski definition) is 1. The van der Waals surface area contributed by atoms with Gasteiger partial charge in [0.25, 0.3) is 0 Å². The maximum Gasteiger partial charge on any atom is 0.407 e. The van der Waals surface area contributed by atoms with Crippen LogP contribution in [0, 0.1) is 0 Å². The highest BCUT2D eigenvalue weighted by Gasteiger charge is 2.23. The van der Waals surface area contributed by atoms with Crippen LogP contribution < -0.4 is 5.32 Å². The van der Waals surface area contributed by atoms with E-state index in [2.05, 4.69) is 10.1 Å². The molecule has 0 aromatic heterocycles. The number of rotatable bonds is 2. The normalized spacial score (nSPS) is 24.2. The van der Waals surface area contributed by atoms with Crippen LogP contribution >= 0.6 is 0 Å². The summed E-state index contributed by atoms with van der Waals surface area (Å²) in [6.45, 7) is 1.95. The fourth-order valence-corrected chi connectivity index (χ4v) is 2.23. The summed E-state index contributed by atoms with van der Waals surface area (Å²) in [5.41, 5.74) is 0. The number of carbonyl (C=O) groups is 1. The fourth-order valence-electron chi connectivity index (χ4n) is 0.990. The third-order valence-corrected chi connectivity index (χ3v) is 2.90. The first-order chi connectivity index (χ1) is 6.03. The van der Waals surface area contributed by atoms with Crippen molar-refractivity contribution in [2.24, 2.45) is 0 Å². The van der Waals surface area contributed by atoms with Crippen molar-refractivity contribution in [1.82, 2.24) is 5.32 Å². The van der Waals surface area contributed by atoms with Gasteiger partial charge in [-0.1, -0.05) is 0 Å². The molecule has 0 spiro atoms. The van der Waals surface area contributed by atoms with Crippen LogP contribution in [0.3, 0.4) is 0 Å². The number of ether oxygens (including phenoxy) is 1. The summed E-state index contributed by atoms with van der Waals surface area (Å²) in [6, 6.07) is -0.455. The van der Waals surface area contributed by atoms with E-state index in [1.165, 1.54) is 6.08 Å². The SMILES string of the molecule is CCOC(=O)N[C@H]1C=CS(=O)(=O)C1. The molecular formula is C7H11NO4S. The van der Waals surface area contributed by atoms with E-state index in [1.54, 1.807) is 6.92 Å². The van der Waals surface area contributed by atoms with Crippen LogP contribution in [0.1, 0.15) is 6.92 Å². The third-order valence-electron chi connectivity index (χ3n) is 1.51. The lowest BCUT2D eigenvalue weighted by Gasteiger charge is -2.08. The molecule has 13 heavy (non-hydrogen) atoms. The second-order valence-electron chi connectivity index (χ2n) is 2.63. The Bertz CT molecular complexity index is 319. The summed E-state index contributed by atoms with van der Waals surface area (Å²) in [4.78, 5) is 10.8. The van der Waals surface area contributed by atoms with Gasteiger partial charge in [0, 0.05) is 5.41 Å². The first-order valence-electron chi connectivity index (χ1n) is 3.88. The minimum absolute atomic E-state index is 0.0776. The van der Waals surface area contributed by atoms with E-state index < -0.39 is 22.0 Å². The van der Waals surface area contributed by atoms with Crippen molar-refractivity contribution in [3.63, 3.8) is 0 Å². The molecule has 0 unspecified atom stereocenters. The zero-order chi connectivity index (χ0) is 9.90. The van der Waals surface area contributed by atoms with E-state index in [4.69, 9.17) is 0 Å². The summed E-state index contributed by atoms with van der Waals surface area (Å²) in [6.07, 6.45) is 0.848. The second kappa shape index (κ2) is 3.78. The van der Waals surface area contributed by atoms with Crippen LogP contribution in [-0.2, 0) is 14.6 Å². The molecule has 1 amide bonds. The van der Waals surface area contributed by atoms with Crippen molar-refractivity contribution in [1.29, 1.82) is 0 Å². The molecule has 0 aromatic rings. The molecule has 0 bridgehead atoms. The minimum Gasteiger partial charge on any atom is -0.450 e. The molecule has 1 atom stereocenters. The monoisotopic (exact) mass is 205 g/mol. The van der Waals surface area contributed by atoms with E-state index in [0.29, 0.717) is 0 Å². The summed E-state index contributed by atoms with van der Waals surface area (Å²) < 4.78 is 26.4. The molecule has 0 fully saturated rings. The highest BCUT2D eigenvalue weighted by atomic mass is 32.2. The average molecular weight is 205 g/mol. The Kier molecular flexibility index (Phi) is 2.92. The van der Waals surface area contributed by atoms with E-state index in [-0.39, 0.29) is 12.4 Å². The van der Waals surface area contributed by atoms with E-state index in [1.807, 2.05) is 0 Å². The van der Waals surface area contributed by atoms with Crippen molar-refractivity contribution < 1.29 is 17.9 Å². The van der Waals surface area contributed by atoms with Gasteiger partial charge in [0.1, 0.15) is 0 Å². The predicted molar refractivity (Wildman–Crippen MR) is 46.9 cm³/mol. The Morgan fingerprint density at radius 3 is 2.85 bits per heavy atom. The van der Waals surface area contributed by atoms with Crippen LogP contribution in [0.5, 0.6) is 0 Å². The van der Waals surface area contributed by atoms with Gasteiger partial charge in [-0.15, -0.1) is 0 Å². The summed E-state index contributed by atoms with van der Waals surface area (Å²) >= 11 is 0. The van der Waals surface area contributed by atoms with Crippen molar-refractivity contribution in [3.8, 4) is 0 Å². The molecule has 1 aliphatic rings. The fraction of sp³-hybridized carbons (Fsp3) is 0.571. The van der Waals surface area contributed by atoms with Crippen LogP contribution in [-0.4, -0.2) is 32.9 Å². The average Bonchev–Trinajstić information content (AvgIpc) is 2.30. The standard InChI is InChI=1S/C7H11NO4S/c1-2-12-7(9)8-6-3-4-13(10,11)5-6/h3-4,6H,2,5H2,1H3,(H,8,9)/t6-/m0/s1. The number of alkyl carbamates (subject to hydrolysis) is 1. The highest BCUT2D eigenvalue weighted by molar-refractivity contribution is 7.94. The number of sulfone groups is 1. The van der Waals surface area contributed by atoms with Crippen LogP contribution in [0.2, 0.25) is 0 Å². The Hall–Kier alpha value is -1.04. The number of hydrogen-bond acceptors (Lipinski definition) is 4.